The lowest BCUT2D eigenvalue weighted by Crippen LogP contribution is -2.24. The lowest BCUT2D eigenvalue weighted by atomic mass is 10.2. The van der Waals surface area contributed by atoms with Gasteiger partial charge in [0.25, 0.3) is 5.91 Å². The molecule has 0 unspecified atom stereocenters. The molecule has 3 N–H and O–H groups in total. The molecule has 27 heavy (non-hydrogen) atoms. The Morgan fingerprint density at radius 1 is 1.33 bits per heavy atom. The number of aliphatic hydroxyl groups is 2. The summed E-state index contributed by atoms with van der Waals surface area (Å²) >= 11 is 0. The van der Waals surface area contributed by atoms with Crippen LogP contribution in [0.2, 0.25) is 0 Å². The Bertz CT molecular complexity index is 980. The number of rotatable bonds is 4. The van der Waals surface area contributed by atoms with Crippen molar-refractivity contribution >= 4 is 22.9 Å². The molecule has 0 saturated carbocycles. The highest BCUT2D eigenvalue weighted by molar-refractivity contribution is 6.06. The molecule has 4 rings (SSSR count). The summed E-state index contributed by atoms with van der Waals surface area (Å²) < 4.78 is 21.0. The number of anilines is 1. The average molecular weight is 373 g/mol. The van der Waals surface area contributed by atoms with Crippen LogP contribution in [0.15, 0.2) is 36.7 Å². The van der Waals surface area contributed by atoms with E-state index in [2.05, 4.69) is 20.3 Å². The van der Waals surface area contributed by atoms with Gasteiger partial charge >= 0.3 is 6.08 Å². The van der Waals surface area contributed by atoms with Gasteiger partial charge in [0.1, 0.15) is 12.3 Å². The van der Waals surface area contributed by atoms with Gasteiger partial charge in [-0.05, 0) is 12.1 Å². The molecule has 1 saturated heterocycles. The monoisotopic (exact) mass is 373 g/mol. The zero-order valence-corrected chi connectivity index (χ0v) is 14.0. The van der Waals surface area contributed by atoms with Gasteiger partial charge in [0.15, 0.2) is 17.0 Å². The lowest BCUT2D eigenvalue weighted by molar-refractivity contribution is -0.0432. The van der Waals surface area contributed by atoms with Crippen LogP contribution in [0.1, 0.15) is 23.0 Å². The molecule has 1 aromatic carbocycles. The van der Waals surface area contributed by atoms with Crippen LogP contribution in [0.25, 0.3) is 11.2 Å². The first-order valence-corrected chi connectivity index (χ1v) is 8.27. The molecular weight excluding hydrogens is 357 g/mol. The minimum atomic E-state index is -1.04. The highest BCUT2D eigenvalue weighted by Gasteiger charge is 2.35. The van der Waals surface area contributed by atoms with E-state index in [1.165, 1.54) is 10.9 Å². The van der Waals surface area contributed by atoms with E-state index < -0.39 is 30.4 Å². The van der Waals surface area contributed by atoms with E-state index in [9.17, 15) is 19.4 Å². The summed E-state index contributed by atoms with van der Waals surface area (Å²) in [5.74, 6) is -0.528. The summed E-state index contributed by atoms with van der Waals surface area (Å²) in [5.41, 5.74) is 0.685. The summed E-state index contributed by atoms with van der Waals surface area (Å²) in [5, 5.41) is 21.7. The number of nitrogens with zero attached hydrogens (tertiary/aromatic N) is 4. The van der Waals surface area contributed by atoms with Crippen molar-refractivity contribution in [3.8, 4) is 0 Å². The molecule has 0 radical (unpaired) electrons. The van der Waals surface area contributed by atoms with Crippen LogP contribution in [0.3, 0.4) is 0 Å². The van der Waals surface area contributed by atoms with Crippen molar-refractivity contribution < 1.29 is 24.1 Å². The highest BCUT2D eigenvalue weighted by Crippen LogP contribution is 2.31. The quantitative estimate of drug-likeness (QED) is 0.580. The number of aromatic nitrogens is 4. The third-order valence-corrected chi connectivity index (χ3v) is 4.36. The van der Waals surface area contributed by atoms with Crippen molar-refractivity contribution in [3.05, 3.63) is 48.3 Å². The fourth-order valence-electron chi connectivity index (χ4n) is 3.01. The van der Waals surface area contributed by atoms with Crippen molar-refractivity contribution in [2.24, 2.45) is 0 Å². The van der Waals surface area contributed by atoms with E-state index >= 15 is 0 Å². The molecule has 1 fully saturated rings. The van der Waals surface area contributed by atoms with Crippen LogP contribution in [0.5, 0.6) is 0 Å². The number of hydrogen-bond acceptors (Lipinski definition) is 7. The van der Waals surface area contributed by atoms with E-state index in [-0.39, 0.29) is 30.0 Å². The number of carbonyl (C=O) groups is 1. The molecule has 0 aliphatic carbocycles. The van der Waals surface area contributed by atoms with Gasteiger partial charge in [-0.15, -0.1) is 0 Å². The van der Waals surface area contributed by atoms with E-state index in [1.54, 1.807) is 30.3 Å². The second-order valence-electron chi connectivity index (χ2n) is 6.10. The van der Waals surface area contributed by atoms with Gasteiger partial charge in [-0.25, -0.2) is 4.98 Å². The summed E-state index contributed by atoms with van der Waals surface area (Å²) in [7, 11) is 0. The summed E-state index contributed by atoms with van der Waals surface area (Å²) in [4.78, 5) is 23.9. The van der Waals surface area contributed by atoms with Gasteiger partial charge in [-0.2, -0.15) is 14.4 Å². The van der Waals surface area contributed by atoms with Crippen LogP contribution in [0.4, 0.5) is 10.2 Å². The minimum absolute atomic E-state index is 0.0673. The molecule has 1 aliphatic rings. The summed E-state index contributed by atoms with van der Waals surface area (Å²) in [6, 6.07) is 8.42. The Labute approximate surface area is 152 Å². The SMILES string of the molecule is O=C(Nc1nc(F)nc2c1ncn2[C@H]1C[C@H](O)[C@@H](CO)O1)c1ccccc1. The lowest BCUT2D eigenvalue weighted by Gasteiger charge is -2.13. The highest BCUT2D eigenvalue weighted by atomic mass is 19.1. The zero-order chi connectivity index (χ0) is 19.0. The fraction of sp³-hybridized carbons (Fsp3) is 0.294. The third kappa shape index (κ3) is 3.25. The van der Waals surface area contributed by atoms with Crippen molar-refractivity contribution in [1.82, 2.24) is 19.5 Å². The summed E-state index contributed by atoms with van der Waals surface area (Å²) in [6.45, 7) is -0.341. The standard InChI is InChI=1S/C17H16FN5O4/c18-17-21-14(20-16(26)9-4-2-1-3-5-9)13-15(22-17)23(8-19-13)12-6-10(25)11(7-24)27-12/h1-5,8,10-12,24-25H,6-7H2,(H,20,21,22,26)/t10-,11+,12+/m0/s1. The molecule has 1 aliphatic heterocycles. The third-order valence-electron chi connectivity index (χ3n) is 4.36. The number of ether oxygens (including phenoxy) is 1. The Kier molecular flexibility index (Phi) is 4.52. The maximum absolute atomic E-state index is 14.0. The van der Waals surface area contributed by atoms with Crippen LogP contribution >= 0.6 is 0 Å². The number of aliphatic hydroxyl groups excluding tert-OH is 2. The number of fused-ring (bicyclic) bond motifs is 1. The largest absolute Gasteiger partial charge is 0.394 e. The smallest absolute Gasteiger partial charge is 0.312 e. The first-order valence-electron chi connectivity index (χ1n) is 8.27. The van der Waals surface area contributed by atoms with Crippen LogP contribution in [-0.4, -0.2) is 54.5 Å². The normalized spacial score (nSPS) is 22.3. The van der Waals surface area contributed by atoms with Crippen molar-refractivity contribution in [3.63, 3.8) is 0 Å². The topological polar surface area (TPSA) is 122 Å². The van der Waals surface area contributed by atoms with Gasteiger partial charge in [0, 0.05) is 12.0 Å². The predicted molar refractivity (Wildman–Crippen MR) is 91.3 cm³/mol. The molecule has 10 heteroatoms. The molecule has 0 spiro atoms. The van der Waals surface area contributed by atoms with E-state index in [0.29, 0.717) is 5.56 Å². The van der Waals surface area contributed by atoms with Crippen LogP contribution in [-0.2, 0) is 4.74 Å². The number of hydrogen-bond donors (Lipinski definition) is 3. The average Bonchev–Trinajstić information content (AvgIpc) is 3.25. The molecule has 3 atom stereocenters. The molecule has 3 heterocycles. The minimum Gasteiger partial charge on any atom is -0.394 e. The van der Waals surface area contributed by atoms with E-state index in [1.807, 2.05) is 0 Å². The first-order chi connectivity index (χ1) is 13.1. The van der Waals surface area contributed by atoms with E-state index in [0.717, 1.165) is 0 Å². The van der Waals surface area contributed by atoms with E-state index in [4.69, 9.17) is 4.74 Å². The molecular formula is C17H16FN5O4. The Balaban J connectivity index is 1.68. The first kappa shape index (κ1) is 17.5. The molecule has 3 aromatic rings. The van der Waals surface area contributed by atoms with Crippen LogP contribution < -0.4 is 5.32 Å². The van der Waals surface area contributed by atoms with Gasteiger partial charge in [-0.1, -0.05) is 18.2 Å². The zero-order valence-electron chi connectivity index (χ0n) is 14.0. The summed E-state index contributed by atoms with van der Waals surface area (Å²) in [6.07, 6.45) is -1.75. The van der Waals surface area contributed by atoms with Gasteiger partial charge < -0.3 is 20.3 Å². The Hall–Kier alpha value is -2.95. The number of nitrogens with one attached hydrogen (secondary N) is 1. The molecule has 140 valence electrons. The number of imidazole rings is 1. The predicted octanol–water partition coefficient (Wildman–Crippen LogP) is 0.858. The van der Waals surface area contributed by atoms with Crippen molar-refractivity contribution in [2.45, 2.75) is 24.9 Å². The van der Waals surface area contributed by atoms with Crippen molar-refractivity contribution in [1.29, 1.82) is 0 Å². The molecule has 2 aromatic heterocycles. The second-order valence-corrected chi connectivity index (χ2v) is 6.10. The van der Waals surface area contributed by atoms with Gasteiger partial charge in [0.2, 0.25) is 0 Å². The molecule has 1 amide bonds. The molecule has 9 nitrogen and oxygen atoms in total. The number of benzene rings is 1. The second kappa shape index (κ2) is 6.99. The molecule has 0 bridgehead atoms. The van der Waals surface area contributed by atoms with Crippen molar-refractivity contribution in [2.75, 3.05) is 11.9 Å². The Morgan fingerprint density at radius 3 is 2.81 bits per heavy atom. The van der Waals surface area contributed by atoms with Gasteiger partial charge in [0.05, 0.1) is 19.0 Å². The number of amides is 1. The number of carbonyl (C=O) groups excluding carboxylic acids is 1. The Morgan fingerprint density at radius 2 is 2.11 bits per heavy atom. The van der Waals surface area contributed by atoms with Crippen LogP contribution in [0, 0.1) is 6.08 Å². The number of halogens is 1. The fourth-order valence-corrected chi connectivity index (χ4v) is 3.01. The maximum Gasteiger partial charge on any atom is 0.312 e. The maximum atomic E-state index is 14.0. The van der Waals surface area contributed by atoms with Gasteiger partial charge in [-0.3, -0.25) is 9.36 Å².